The number of likely N-dealkylation sites (tertiary alicyclic amines) is 1. The molecule has 7 heteroatoms. The maximum atomic E-state index is 13.0. The van der Waals surface area contributed by atoms with Gasteiger partial charge in [0.2, 0.25) is 0 Å². The van der Waals surface area contributed by atoms with Crippen molar-refractivity contribution < 1.29 is 28.9 Å². The van der Waals surface area contributed by atoms with Crippen LogP contribution in [0.25, 0.3) is 5.76 Å². The molecule has 1 amide bonds. The zero-order valence-corrected chi connectivity index (χ0v) is 18.7. The van der Waals surface area contributed by atoms with E-state index in [-0.39, 0.29) is 24.5 Å². The van der Waals surface area contributed by atoms with Crippen LogP contribution in [0.4, 0.5) is 0 Å². The van der Waals surface area contributed by atoms with Crippen LogP contribution in [-0.2, 0) is 14.3 Å². The van der Waals surface area contributed by atoms with Crippen molar-refractivity contribution in [2.24, 2.45) is 0 Å². The second-order valence-corrected chi connectivity index (χ2v) is 7.34. The summed E-state index contributed by atoms with van der Waals surface area (Å²) in [6.07, 6.45) is 0.849. The SMILES string of the molecule is CCCOc1ccc(C2/C(=C(\O)c3ccccc3)C(=O)C(=O)N2CCOC)cc1OCC. The quantitative estimate of drug-likeness (QED) is 0.343. The summed E-state index contributed by atoms with van der Waals surface area (Å²) in [6, 6.07) is 13.3. The van der Waals surface area contributed by atoms with Crippen molar-refractivity contribution in [2.45, 2.75) is 26.3 Å². The smallest absolute Gasteiger partial charge is 0.295 e. The van der Waals surface area contributed by atoms with E-state index in [1.807, 2.05) is 19.9 Å². The highest BCUT2D eigenvalue weighted by atomic mass is 16.5. The maximum Gasteiger partial charge on any atom is 0.295 e. The molecule has 1 N–H and O–H groups in total. The Morgan fingerprint density at radius 3 is 2.41 bits per heavy atom. The van der Waals surface area contributed by atoms with Gasteiger partial charge in [-0.1, -0.05) is 43.3 Å². The van der Waals surface area contributed by atoms with Gasteiger partial charge >= 0.3 is 0 Å². The number of aliphatic hydroxyl groups excluding tert-OH is 1. The van der Waals surface area contributed by atoms with Crippen molar-refractivity contribution in [3.8, 4) is 11.5 Å². The van der Waals surface area contributed by atoms with Gasteiger partial charge in [-0.05, 0) is 31.0 Å². The molecule has 32 heavy (non-hydrogen) atoms. The first-order valence-electron chi connectivity index (χ1n) is 10.8. The summed E-state index contributed by atoms with van der Waals surface area (Å²) in [5.74, 6) is -0.492. The van der Waals surface area contributed by atoms with Crippen molar-refractivity contribution >= 4 is 17.4 Å². The van der Waals surface area contributed by atoms with Crippen LogP contribution in [0, 0.1) is 0 Å². The Labute approximate surface area is 188 Å². The Morgan fingerprint density at radius 2 is 1.75 bits per heavy atom. The monoisotopic (exact) mass is 439 g/mol. The predicted molar refractivity (Wildman–Crippen MR) is 121 cm³/mol. The van der Waals surface area contributed by atoms with E-state index in [9.17, 15) is 14.7 Å². The van der Waals surface area contributed by atoms with Crippen LogP contribution in [0.2, 0.25) is 0 Å². The summed E-state index contributed by atoms with van der Waals surface area (Å²) in [6.45, 7) is 5.32. The van der Waals surface area contributed by atoms with E-state index in [1.54, 1.807) is 42.5 Å². The Bertz CT molecular complexity index is 985. The van der Waals surface area contributed by atoms with Gasteiger partial charge in [-0.2, -0.15) is 0 Å². The minimum Gasteiger partial charge on any atom is -0.507 e. The number of carbonyl (C=O) groups excluding carboxylic acids is 2. The molecule has 3 rings (SSSR count). The van der Waals surface area contributed by atoms with Gasteiger partial charge in [0.05, 0.1) is 31.4 Å². The Balaban J connectivity index is 2.14. The zero-order valence-electron chi connectivity index (χ0n) is 18.7. The molecule has 1 unspecified atom stereocenters. The van der Waals surface area contributed by atoms with Crippen molar-refractivity contribution in [3.05, 3.63) is 65.2 Å². The molecule has 1 heterocycles. The number of aliphatic hydroxyl groups is 1. The van der Waals surface area contributed by atoms with E-state index >= 15 is 0 Å². The van der Waals surface area contributed by atoms with Gasteiger partial charge in [0, 0.05) is 19.2 Å². The highest BCUT2D eigenvalue weighted by Gasteiger charge is 2.46. The molecule has 1 aliphatic rings. The first-order valence-corrected chi connectivity index (χ1v) is 10.8. The Kier molecular flexibility index (Phi) is 7.89. The number of ketones is 1. The highest BCUT2D eigenvalue weighted by molar-refractivity contribution is 6.46. The molecule has 1 fully saturated rings. The number of ether oxygens (including phenoxy) is 3. The topological polar surface area (TPSA) is 85.3 Å². The summed E-state index contributed by atoms with van der Waals surface area (Å²) in [5, 5.41) is 11.0. The van der Waals surface area contributed by atoms with Crippen LogP contribution in [0.3, 0.4) is 0 Å². The molecule has 0 aliphatic carbocycles. The second-order valence-electron chi connectivity index (χ2n) is 7.34. The summed E-state index contributed by atoms with van der Waals surface area (Å²) in [7, 11) is 1.53. The molecule has 7 nitrogen and oxygen atoms in total. The minimum atomic E-state index is -0.773. The lowest BCUT2D eigenvalue weighted by Gasteiger charge is -2.26. The largest absolute Gasteiger partial charge is 0.507 e. The van der Waals surface area contributed by atoms with Crippen LogP contribution in [0.5, 0.6) is 11.5 Å². The van der Waals surface area contributed by atoms with Gasteiger partial charge in [-0.3, -0.25) is 9.59 Å². The van der Waals surface area contributed by atoms with Crippen LogP contribution in [-0.4, -0.2) is 55.2 Å². The minimum absolute atomic E-state index is 0.0435. The van der Waals surface area contributed by atoms with Crippen LogP contribution >= 0.6 is 0 Å². The van der Waals surface area contributed by atoms with E-state index in [2.05, 4.69) is 0 Å². The lowest BCUT2D eigenvalue weighted by Crippen LogP contribution is -2.32. The molecule has 0 aromatic heterocycles. The summed E-state index contributed by atoms with van der Waals surface area (Å²) in [4.78, 5) is 27.3. The molecule has 2 aromatic rings. The molecule has 1 atom stereocenters. The lowest BCUT2D eigenvalue weighted by molar-refractivity contribution is -0.140. The molecule has 2 aromatic carbocycles. The van der Waals surface area contributed by atoms with Gasteiger partial charge < -0.3 is 24.2 Å². The summed E-state index contributed by atoms with van der Waals surface area (Å²) >= 11 is 0. The van der Waals surface area contributed by atoms with Gasteiger partial charge in [-0.15, -0.1) is 0 Å². The fraction of sp³-hybridized carbons (Fsp3) is 0.360. The lowest BCUT2D eigenvalue weighted by atomic mass is 9.95. The van der Waals surface area contributed by atoms with Crippen LogP contribution in [0.1, 0.15) is 37.4 Å². The number of hydrogen-bond acceptors (Lipinski definition) is 6. The molecule has 0 spiro atoms. The fourth-order valence-electron chi connectivity index (χ4n) is 3.69. The average Bonchev–Trinajstić information content (AvgIpc) is 3.07. The molecule has 0 radical (unpaired) electrons. The van der Waals surface area contributed by atoms with Crippen molar-refractivity contribution in [2.75, 3.05) is 33.5 Å². The number of benzene rings is 2. The van der Waals surface area contributed by atoms with E-state index in [4.69, 9.17) is 14.2 Å². The third-order valence-corrected chi connectivity index (χ3v) is 5.17. The summed E-state index contributed by atoms with van der Waals surface area (Å²) in [5.41, 5.74) is 1.15. The van der Waals surface area contributed by atoms with E-state index in [1.165, 1.54) is 12.0 Å². The standard InChI is InChI=1S/C25H29NO6/c1-4-14-32-19-12-11-18(16-20(19)31-5-2)22-21(23(27)17-9-7-6-8-10-17)24(28)25(29)26(22)13-15-30-3/h6-12,16,22,27H,4-5,13-15H2,1-3H3/b23-21+. The molecule has 1 aliphatic heterocycles. The van der Waals surface area contributed by atoms with E-state index in [0.717, 1.165) is 6.42 Å². The van der Waals surface area contributed by atoms with Gasteiger partial charge in [0.1, 0.15) is 5.76 Å². The number of carbonyl (C=O) groups is 2. The number of rotatable bonds is 10. The van der Waals surface area contributed by atoms with Gasteiger partial charge in [0.25, 0.3) is 11.7 Å². The normalized spacial score (nSPS) is 17.6. The number of nitrogens with zero attached hydrogens (tertiary/aromatic N) is 1. The van der Waals surface area contributed by atoms with E-state index < -0.39 is 17.7 Å². The van der Waals surface area contributed by atoms with Crippen LogP contribution < -0.4 is 9.47 Å². The van der Waals surface area contributed by atoms with Gasteiger partial charge in [-0.25, -0.2) is 0 Å². The summed E-state index contributed by atoms with van der Waals surface area (Å²) < 4.78 is 16.7. The Morgan fingerprint density at radius 1 is 1.00 bits per heavy atom. The van der Waals surface area contributed by atoms with Crippen molar-refractivity contribution in [1.82, 2.24) is 4.90 Å². The third-order valence-electron chi connectivity index (χ3n) is 5.17. The molecule has 170 valence electrons. The third kappa shape index (κ3) is 4.78. The van der Waals surface area contributed by atoms with E-state index in [0.29, 0.717) is 35.8 Å². The fourth-order valence-corrected chi connectivity index (χ4v) is 3.69. The van der Waals surface area contributed by atoms with Crippen molar-refractivity contribution in [3.63, 3.8) is 0 Å². The molecular formula is C25H29NO6. The van der Waals surface area contributed by atoms with Crippen LogP contribution in [0.15, 0.2) is 54.1 Å². The molecule has 0 bridgehead atoms. The second kappa shape index (κ2) is 10.8. The van der Waals surface area contributed by atoms with Gasteiger partial charge in [0.15, 0.2) is 11.5 Å². The number of Topliss-reactive ketones (excluding diaryl/α,β-unsaturated/α-hetero) is 1. The zero-order chi connectivity index (χ0) is 23.1. The maximum absolute atomic E-state index is 13.0. The number of amides is 1. The Hall–Kier alpha value is -3.32. The molecule has 1 saturated heterocycles. The first-order chi connectivity index (χ1) is 15.5. The van der Waals surface area contributed by atoms with Crippen molar-refractivity contribution in [1.29, 1.82) is 0 Å². The average molecular weight is 440 g/mol. The molecule has 0 saturated carbocycles. The molecular weight excluding hydrogens is 410 g/mol. The highest BCUT2D eigenvalue weighted by Crippen LogP contribution is 2.41. The number of hydrogen-bond donors (Lipinski definition) is 1. The number of methoxy groups -OCH3 is 1. The predicted octanol–water partition coefficient (Wildman–Crippen LogP) is 3.94. The first kappa shape index (κ1) is 23.3.